The van der Waals surface area contributed by atoms with Crippen LogP contribution in [-0.4, -0.2) is 31.1 Å². The maximum absolute atomic E-state index is 13.5. The molecule has 0 unspecified atom stereocenters. The molecule has 2 aromatic heterocycles. The van der Waals surface area contributed by atoms with Crippen molar-refractivity contribution < 1.29 is 4.79 Å². The first-order valence-corrected chi connectivity index (χ1v) is 13.2. The third-order valence-electron chi connectivity index (χ3n) is 6.24. The molecule has 0 spiro atoms. The normalized spacial score (nSPS) is 12.5. The van der Waals surface area contributed by atoms with Gasteiger partial charge in [0, 0.05) is 23.9 Å². The van der Waals surface area contributed by atoms with Crippen LogP contribution in [0.4, 0.5) is 0 Å². The lowest BCUT2D eigenvalue weighted by Crippen LogP contribution is -2.32. The number of nitrogens with one attached hydrogen (secondary N) is 1. The molecule has 4 aromatic rings. The summed E-state index contributed by atoms with van der Waals surface area (Å²) in [6.07, 6.45) is 1.70. The highest BCUT2D eigenvalue weighted by molar-refractivity contribution is 7.98. The fourth-order valence-electron chi connectivity index (χ4n) is 3.85. The Hall–Kier alpha value is -3.13. The van der Waals surface area contributed by atoms with Crippen LogP contribution in [0, 0.1) is 12.8 Å². The summed E-state index contributed by atoms with van der Waals surface area (Å²) in [4.78, 5) is 26.3. The van der Waals surface area contributed by atoms with Crippen molar-refractivity contribution in [2.24, 2.45) is 5.92 Å². The Labute approximate surface area is 210 Å². The molecule has 2 aromatic carbocycles. The van der Waals surface area contributed by atoms with Gasteiger partial charge in [-0.25, -0.2) is 0 Å². The van der Waals surface area contributed by atoms with Crippen molar-refractivity contribution in [3.63, 3.8) is 0 Å². The van der Waals surface area contributed by atoms with E-state index in [0.717, 1.165) is 18.6 Å². The number of carbonyl (C=O) groups is 1. The van der Waals surface area contributed by atoms with Crippen molar-refractivity contribution in [2.75, 3.05) is 0 Å². The Morgan fingerprint density at radius 3 is 2.51 bits per heavy atom. The third-order valence-corrected chi connectivity index (χ3v) is 7.24. The van der Waals surface area contributed by atoms with E-state index < -0.39 is 0 Å². The molecule has 184 valence electrons. The van der Waals surface area contributed by atoms with Gasteiger partial charge in [0.15, 0.2) is 5.16 Å². The van der Waals surface area contributed by atoms with Crippen LogP contribution in [0.3, 0.4) is 0 Å². The summed E-state index contributed by atoms with van der Waals surface area (Å²) >= 11 is 1.57. The lowest BCUT2D eigenvalue weighted by molar-refractivity contribution is 0.0939. The van der Waals surface area contributed by atoms with Crippen molar-refractivity contribution >= 4 is 34.3 Å². The van der Waals surface area contributed by atoms with E-state index in [1.807, 2.05) is 18.2 Å². The van der Waals surface area contributed by atoms with E-state index >= 15 is 0 Å². The van der Waals surface area contributed by atoms with E-state index in [9.17, 15) is 9.59 Å². The fraction of sp³-hybridized carbons (Fsp3) is 0.407. The Morgan fingerprint density at radius 2 is 1.83 bits per heavy atom. The van der Waals surface area contributed by atoms with Gasteiger partial charge in [-0.3, -0.25) is 18.6 Å². The number of hydrogen-bond acceptors (Lipinski definition) is 5. The Morgan fingerprint density at radius 1 is 1.09 bits per heavy atom. The first kappa shape index (κ1) is 25.0. The number of fused-ring (bicyclic) bond motifs is 3. The predicted molar refractivity (Wildman–Crippen MR) is 142 cm³/mol. The zero-order chi connectivity index (χ0) is 25.1. The van der Waals surface area contributed by atoms with E-state index in [4.69, 9.17) is 0 Å². The number of benzene rings is 2. The molecule has 8 heteroatoms. The quantitative estimate of drug-likeness (QED) is 0.325. The van der Waals surface area contributed by atoms with E-state index in [-0.39, 0.29) is 17.5 Å². The number of nitrogens with zero attached hydrogens (tertiary/aromatic N) is 4. The van der Waals surface area contributed by atoms with Crippen LogP contribution in [0.2, 0.25) is 0 Å². The van der Waals surface area contributed by atoms with Gasteiger partial charge in [0.1, 0.15) is 0 Å². The summed E-state index contributed by atoms with van der Waals surface area (Å²) in [5.41, 5.74) is 3.46. The summed E-state index contributed by atoms with van der Waals surface area (Å²) in [6.45, 7) is 10.9. The summed E-state index contributed by atoms with van der Waals surface area (Å²) in [5, 5.41) is 13.1. The molecule has 4 rings (SSSR count). The first-order valence-electron chi connectivity index (χ1n) is 12.2. The highest BCUT2D eigenvalue weighted by atomic mass is 32.2. The summed E-state index contributed by atoms with van der Waals surface area (Å²) in [5.74, 6) is 1.53. The molecule has 0 aliphatic rings. The van der Waals surface area contributed by atoms with Crippen molar-refractivity contribution in [1.82, 2.24) is 24.5 Å². The molecule has 0 aliphatic carbocycles. The molecular weight excluding hydrogens is 458 g/mol. The van der Waals surface area contributed by atoms with Gasteiger partial charge >= 0.3 is 0 Å². The molecule has 0 saturated heterocycles. The predicted octanol–water partition coefficient (Wildman–Crippen LogP) is 5.22. The van der Waals surface area contributed by atoms with Gasteiger partial charge in [0.2, 0.25) is 5.78 Å². The molecule has 1 N–H and O–H groups in total. The second-order valence-corrected chi connectivity index (χ2v) is 10.5. The maximum Gasteiger partial charge on any atom is 0.262 e. The smallest absolute Gasteiger partial charge is 0.262 e. The monoisotopic (exact) mass is 491 g/mol. The van der Waals surface area contributed by atoms with Gasteiger partial charge in [0.25, 0.3) is 11.5 Å². The molecule has 7 nitrogen and oxygen atoms in total. The molecule has 0 saturated carbocycles. The second-order valence-electron chi connectivity index (χ2n) is 9.55. The zero-order valence-corrected chi connectivity index (χ0v) is 21.9. The van der Waals surface area contributed by atoms with Gasteiger partial charge in [-0.05, 0) is 56.4 Å². The van der Waals surface area contributed by atoms with Crippen LogP contribution in [0.1, 0.15) is 62.0 Å². The molecule has 35 heavy (non-hydrogen) atoms. The highest BCUT2D eigenvalue weighted by Crippen LogP contribution is 2.26. The zero-order valence-electron chi connectivity index (χ0n) is 21.0. The third kappa shape index (κ3) is 5.42. The lowest BCUT2D eigenvalue weighted by Gasteiger charge is -2.14. The fourth-order valence-corrected chi connectivity index (χ4v) is 4.74. The van der Waals surface area contributed by atoms with E-state index in [1.165, 1.54) is 11.1 Å². The average Bonchev–Trinajstić information content (AvgIpc) is 3.27. The number of thioether (sulfide) groups is 1. The molecule has 2 heterocycles. The minimum atomic E-state index is -0.152. The standard InChI is InChI=1S/C27H33N5O2S/c1-6-19(5)28-24(33)21-11-12-22-23(15-21)32-26(31(25(22)34)14-13-17(2)3)29-30-27(32)35-16-20-9-7-18(4)8-10-20/h7-12,15,17,19H,6,13-14,16H2,1-5H3,(H,28,33)/t19-/m1/s1. The van der Waals surface area contributed by atoms with E-state index in [1.54, 1.807) is 34.5 Å². The minimum Gasteiger partial charge on any atom is -0.350 e. The van der Waals surface area contributed by atoms with Gasteiger partial charge in [0.05, 0.1) is 10.9 Å². The molecule has 0 bridgehead atoms. The van der Waals surface area contributed by atoms with Crippen molar-refractivity contribution in [2.45, 2.75) is 71.0 Å². The molecular formula is C27H33N5O2S. The Bertz CT molecular complexity index is 1410. The summed E-state index contributed by atoms with van der Waals surface area (Å²) in [7, 11) is 0. The minimum absolute atomic E-state index is 0.0674. The highest BCUT2D eigenvalue weighted by Gasteiger charge is 2.19. The topological polar surface area (TPSA) is 81.3 Å². The SMILES string of the molecule is CC[C@@H](C)NC(=O)c1ccc2c(=O)n(CCC(C)C)c3nnc(SCc4ccc(C)cc4)n3c2c1. The number of carbonyl (C=O) groups excluding carboxylic acids is 1. The molecule has 0 aliphatic heterocycles. The second kappa shape index (κ2) is 10.6. The van der Waals surface area contributed by atoms with Gasteiger partial charge in [-0.2, -0.15) is 0 Å². The Kier molecular flexibility index (Phi) is 7.60. The largest absolute Gasteiger partial charge is 0.350 e. The number of amides is 1. The van der Waals surface area contributed by atoms with Crippen LogP contribution in [0.25, 0.3) is 16.7 Å². The first-order chi connectivity index (χ1) is 16.8. The molecule has 0 radical (unpaired) electrons. The summed E-state index contributed by atoms with van der Waals surface area (Å²) < 4.78 is 3.64. The van der Waals surface area contributed by atoms with Crippen LogP contribution in [0.5, 0.6) is 0 Å². The van der Waals surface area contributed by atoms with Crippen LogP contribution in [-0.2, 0) is 12.3 Å². The molecule has 0 fully saturated rings. The van der Waals surface area contributed by atoms with Gasteiger partial charge < -0.3 is 5.32 Å². The van der Waals surface area contributed by atoms with Crippen LogP contribution >= 0.6 is 11.8 Å². The van der Waals surface area contributed by atoms with E-state index in [2.05, 4.69) is 60.6 Å². The van der Waals surface area contributed by atoms with Gasteiger partial charge in [-0.1, -0.05) is 62.4 Å². The Balaban J connectivity index is 1.83. The number of aromatic nitrogens is 4. The average molecular weight is 492 g/mol. The number of rotatable bonds is 9. The maximum atomic E-state index is 13.5. The summed E-state index contributed by atoms with van der Waals surface area (Å²) in [6, 6.07) is 13.7. The van der Waals surface area contributed by atoms with Crippen LogP contribution < -0.4 is 10.9 Å². The van der Waals surface area contributed by atoms with Crippen molar-refractivity contribution in [3.8, 4) is 0 Å². The number of hydrogen-bond donors (Lipinski definition) is 1. The van der Waals surface area contributed by atoms with Crippen molar-refractivity contribution in [3.05, 3.63) is 69.5 Å². The van der Waals surface area contributed by atoms with E-state index in [0.29, 0.717) is 39.9 Å². The number of aryl methyl sites for hydroxylation is 2. The molecule has 1 amide bonds. The van der Waals surface area contributed by atoms with Gasteiger partial charge in [-0.15, -0.1) is 10.2 Å². The van der Waals surface area contributed by atoms with Crippen molar-refractivity contribution in [1.29, 1.82) is 0 Å². The molecule has 1 atom stereocenters. The lowest BCUT2D eigenvalue weighted by atomic mass is 10.1. The van der Waals surface area contributed by atoms with Crippen LogP contribution in [0.15, 0.2) is 52.4 Å².